The number of hydrogen-bond donors (Lipinski definition) is 0. The first-order chi connectivity index (χ1) is 14.3. The number of unbranched alkanes of at least 4 members (excludes halogenated alkanes) is 1. The van der Waals surface area contributed by atoms with Gasteiger partial charge in [0.05, 0.1) is 6.61 Å². The zero-order valence-electron chi connectivity index (χ0n) is 16.1. The number of halogens is 4. The first-order valence-corrected chi connectivity index (χ1v) is 9.28. The molecule has 0 spiro atoms. The SMILES string of the molecule is CCCCOc1cc(=O)n(-c2ccc(OC(F)(F)F)cc2)cc1-c1ccc(F)cc1. The summed E-state index contributed by atoms with van der Waals surface area (Å²) in [4.78, 5) is 12.6. The van der Waals surface area contributed by atoms with Crippen molar-refractivity contribution in [2.75, 3.05) is 6.61 Å². The van der Waals surface area contributed by atoms with Gasteiger partial charge in [0, 0.05) is 23.5 Å². The molecule has 0 radical (unpaired) electrons. The van der Waals surface area contributed by atoms with Crippen LogP contribution in [0.2, 0.25) is 0 Å². The van der Waals surface area contributed by atoms with Gasteiger partial charge < -0.3 is 9.47 Å². The summed E-state index contributed by atoms with van der Waals surface area (Å²) in [5.41, 5.74) is 1.12. The number of nitrogens with zero attached hydrogens (tertiary/aromatic N) is 1. The van der Waals surface area contributed by atoms with E-state index in [-0.39, 0.29) is 0 Å². The van der Waals surface area contributed by atoms with Crippen LogP contribution in [0, 0.1) is 5.82 Å². The van der Waals surface area contributed by atoms with Crippen LogP contribution in [0.15, 0.2) is 65.6 Å². The van der Waals surface area contributed by atoms with Gasteiger partial charge in [-0.05, 0) is 48.4 Å². The highest BCUT2D eigenvalue weighted by Gasteiger charge is 2.31. The Morgan fingerprint density at radius 2 is 1.67 bits per heavy atom. The van der Waals surface area contributed by atoms with Crippen molar-refractivity contribution in [1.29, 1.82) is 0 Å². The Morgan fingerprint density at radius 3 is 2.27 bits per heavy atom. The maximum atomic E-state index is 13.3. The van der Waals surface area contributed by atoms with Crippen molar-refractivity contribution in [1.82, 2.24) is 4.57 Å². The second-order valence-corrected chi connectivity index (χ2v) is 6.51. The lowest BCUT2D eigenvalue weighted by Crippen LogP contribution is -2.19. The van der Waals surface area contributed by atoms with Crippen LogP contribution in [0.25, 0.3) is 16.8 Å². The molecule has 0 saturated heterocycles. The van der Waals surface area contributed by atoms with Gasteiger partial charge >= 0.3 is 6.36 Å². The molecule has 0 aliphatic carbocycles. The third kappa shape index (κ3) is 5.40. The molecule has 0 unspecified atom stereocenters. The Labute approximate surface area is 170 Å². The minimum Gasteiger partial charge on any atom is -0.493 e. The van der Waals surface area contributed by atoms with Crippen molar-refractivity contribution in [2.45, 2.75) is 26.1 Å². The molecular formula is C22H19F4NO3. The molecule has 0 fully saturated rings. The number of alkyl halides is 3. The highest BCUT2D eigenvalue weighted by molar-refractivity contribution is 5.70. The number of rotatable bonds is 7. The Balaban J connectivity index is 2.02. The van der Waals surface area contributed by atoms with Gasteiger partial charge in [0.25, 0.3) is 5.56 Å². The molecule has 8 heteroatoms. The monoisotopic (exact) mass is 421 g/mol. The first-order valence-electron chi connectivity index (χ1n) is 9.28. The van der Waals surface area contributed by atoms with E-state index >= 15 is 0 Å². The molecule has 0 atom stereocenters. The van der Waals surface area contributed by atoms with E-state index in [1.807, 2.05) is 6.92 Å². The summed E-state index contributed by atoms with van der Waals surface area (Å²) < 4.78 is 61.3. The molecule has 0 bridgehead atoms. The minimum atomic E-state index is -4.80. The lowest BCUT2D eigenvalue weighted by atomic mass is 10.1. The fourth-order valence-corrected chi connectivity index (χ4v) is 2.82. The molecule has 4 nitrogen and oxygen atoms in total. The zero-order chi connectivity index (χ0) is 21.7. The van der Waals surface area contributed by atoms with Crippen LogP contribution in [-0.2, 0) is 0 Å². The zero-order valence-corrected chi connectivity index (χ0v) is 16.1. The van der Waals surface area contributed by atoms with Gasteiger partial charge in [-0.3, -0.25) is 9.36 Å². The standard InChI is InChI=1S/C22H19F4NO3/c1-2-3-12-29-20-13-21(28)27(14-19(20)15-4-6-16(23)7-5-15)17-8-10-18(11-9-17)30-22(24,25)26/h4-11,13-14H,2-3,12H2,1H3. The highest BCUT2D eigenvalue weighted by Crippen LogP contribution is 2.30. The van der Waals surface area contributed by atoms with E-state index in [2.05, 4.69) is 4.74 Å². The van der Waals surface area contributed by atoms with E-state index < -0.39 is 23.5 Å². The molecule has 3 aromatic rings. The molecule has 1 aromatic heterocycles. The molecule has 158 valence electrons. The summed E-state index contributed by atoms with van der Waals surface area (Å²) in [6.45, 7) is 2.42. The van der Waals surface area contributed by atoms with E-state index in [0.29, 0.717) is 29.2 Å². The summed E-state index contributed by atoms with van der Waals surface area (Å²) >= 11 is 0. The van der Waals surface area contributed by atoms with Crippen LogP contribution in [0.5, 0.6) is 11.5 Å². The van der Waals surface area contributed by atoms with Crippen molar-refractivity contribution in [2.24, 2.45) is 0 Å². The van der Waals surface area contributed by atoms with Crippen LogP contribution in [-0.4, -0.2) is 17.5 Å². The fourth-order valence-electron chi connectivity index (χ4n) is 2.82. The molecule has 0 amide bonds. The summed E-state index contributed by atoms with van der Waals surface area (Å²) in [5, 5.41) is 0. The second kappa shape index (κ2) is 9.02. The summed E-state index contributed by atoms with van der Waals surface area (Å²) in [6, 6.07) is 12.0. The lowest BCUT2D eigenvalue weighted by Gasteiger charge is -2.15. The molecule has 0 N–H and O–H groups in total. The summed E-state index contributed by atoms with van der Waals surface area (Å²) in [5.74, 6) is -0.438. The fraction of sp³-hybridized carbons (Fsp3) is 0.227. The van der Waals surface area contributed by atoms with Crippen LogP contribution in [0.1, 0.15) is 19.8 Å². The van der Waals surface area contributed by atoms with Gasteiger partial charge in [0.15, 0.2) is 0 Å². The van der Waals surface area contributed by atoms with Crippen LogP contribution in [0.3, 0.4) is 0 Å². The van der Waals surface area contributed by atoms with E-state index in [9.17, 15) is 22.4 Å². The van der Waals surface area contributed by atoms with Crippen molar-refractivity contribution in [3.8, 4) is 28.3 Å². The predicted molar refractivity (Wildman–Crippen MR) is 105 cm³/mol. The second-order valence-electron chi connectivity index (χ2n) is 6.51. The molecule has 3 rings (SSSR count). The van der Waals surface area contributed by atoms with Crippen molar-refractivity contribution < 1.29 is 27.0 Å². The Kier molecular flexibility index (Phi) is 6.44. The Hall–Kier alpha value is -3.29. The highest BCUT2D eigenvalue weighted by atomic mass is 19.4. The predicted octanol–water partition coefficient (Wildman–Crippen LogP) is 5.72. The number of pyridine rings is 1. The Bertz CT molecular complexity index is 1040. The molecule has 2 aromatic carbocycles. The third-order valence-electron chi connectivity index (χ3n) is 4.27. The maximum absolute atomic E-state index is 13.3. The summed E-state index contributed by atoms with van der Waals surface area (Å²) in [7, 11) is 0. The topological polar surface area (TPSA) is 40.5 Å². The Morgan fingerprint density at radius 1 is 1.00 bits per heavy atom. The summed E-state index contributed by atoms with van der Waals surface area (Å²) in [6.07, 6.45) is -1.57. The van der Waals surface area contributed by atoms with Gasteiger partial charge in [-0.15, -0.1) is 13.2 Å². The van der Waals surface area contributed by atoms with Crippen LogP contribution < -0.4 is 15.0 Å². The lowest BCUT2D eigenvalue weighted by molar-refractivity contribution is -0.274. The number of ether oxygens (including phenoxy) is 2. The van der Waals surface area contributed by atoms with E-state index in [1.165, 1.54) is 41.1 Å². The van der Waals surface area contributed by atoms with Crippen LogP contribution in [0.4, 0.5) is 17.6 Å². The smallest absolute Gasteiger partial charge is 0.493 e. The molecular weight excluding hydrogens is 402 g/mol. The number of aromatic nitrogens is 1. The average Bonchev–Trinajstić information content (AvgIpc) is 2.69. The first kappa shape index (κ1) is 21.4. The normalized spacial score (nSPS) is 11.4. The number of hydrogen-bond acceptors (Lipinski definition) is 3. The van der Waals surface area contributed by atoms with Gasteiger partial charge in [0.1, 0.15) is 17.3 Å². The number of benzene rings is 2. The van der Waals surface area contributed by atoms with Crippen molar-refractivity contribution in [3.05, 3.63) is 77.0 Å². The molecule has 30 heavy (non-hydrogen) atoms. The minimum absolute atomic E-state index is 0.345. The van der Waals surface area contributed by atoms with Crippen molar-refractivity contribution in [3.63, 3.8) is 0 Å². The molecule has 0 saturated carbocycles. The largest absolute Gasteiger partial charge is 0.573 e. The molecule has 1 heterocycles. The van der Waals surface area contributed by atoms with Gasteiger partial charge in [-0.1, -0.05) is 25.5 Å². The van der Waals surface area contributed by atoms with E-state index in [4.69, 9.17) is 4.74 Å². The van der Waals surface area contributed by atoms with Crippen molar-refractivity contribution >= 4 is 0 Å². The quantitative estimate of drug-likeness (QED) is 0.362. The maximum Gasteiger partial charge on any atom is 0.573 e. The van der Waals surface area contributed by atoms with Gasteiger partial charge in [-0.2, -0.15) is 0 Å². The molecule has 0 aliphatic heterocycles. The average molecular weight is 421 g/mol. The van der Waals surface area contributed by atoms with Gasteiger partial charge in [-0.25, -0.2) is 4.39 Å². The van der Waals surface area contributed by atoms with Gasteiger partial charge in [0.2, 0.25) is 0 Å². The van der Waals surface area contributed by atoms with Crippen LogP contribution >= 0.6 is 0 Å². The molecule has 0 aliphatic rings. The third-order valence-corrected chi connectivity index (χ3v) is 4.27. The van der Waals surface area contributed by atoms with E-state index in [1.54, 1.807) is 12.1 Å². The van der Waals surface area contributed by atoms with E-state index in [0.717, 1.165) is 25.0 Å².